The largest absolute Gasteiger partial charge is 0.309 e. The van der Waals surface area contributed by atoms with Gasteiger partial charge in [-0.05, 0) is 95.8 Å². The molecular weight excluding hydrogens is 631 g/mol. The minimum absolute atomic E-state index is 0.943. The first-order valence-corrected chi connectivity index (χ1v) is 17.8. The van der Waals surface area contributed by atoms with Gasteiger partial charge in [0.25, 0.3) is 0 Å². The molecule has 9 aromatic rings. The van der Waals surface area contributed by atoms with Crippen LogP contribution in [0.15, 0.2) is 188 Å². The Labute approximate surface area is 304 Å². The van der Waals surface area contributed by atoms with Crippen molar-refractivity contribution in [2.75, 3.05) is 0 Å². The summed E-state index contributed by atoms with van der Waals surface area (Å²) < 4.78 is 4.60. The second-order valence-corrected chi connectivity index (χ2v) is 13.4. The summed E-state index contributed by atoms with van der Waals surface area (Å²) in [6, 6.07) is 62.6. The minimum Gasteiger partial charge on any atom is -0.309 e. The van der Waals surface area contributed by atoms with Gasteiger partial charge in [0.2, 0.25) is 0 Å². The third-order valence-electron chi connectivity index (χ3n) is 10.1. The quantitative estimate of drug-likeness (QED) is 0.155. The molecule has 0 radical (unpaired) electrons. The average molecular weight is 668 g/mol. The topological polar surface area (TPSA) is 22.8 Å². The van der Waals surface area contributed by atoms with E-state index >= 15 is 0 Å². The molecule has 0 aliphatic heterocycles. The molecule has 248 valence electrons. The van der Waals surface area contributed by atoms with Crippen LogP contribution >= 0.6 is 0 Å². The molecule has 9 rings (SSSR count). The lowest BCUT2D eigenvalue weighted by Gasteiger charge is -2.10. The van der Waals surface area contributed by atoms with Crippen LogP contribution in [-0.2, 0) is 0 Å². The lowest BCUT2D eigenvalue weighted by atomic mass is 9.99. The molecule has 0 fully saturated rings. The predicted octanol–water partition coefficient (Wildman–Crippen LogP) is 13.0. The second kappa shape index (κ2) is 13.2. The minimum atomic E-state index is 0.943. The van der Waals surface area contributed by atoms with Crippen LogP contribution in [-0.4, -0.2) is 14.1 Å². The molecule has 0 unspecified atom stereocenters. The molecule has 2 heterocycles. The summed E-state index contributed by atoms with van der Waals surface area (Å²) in [7, 11) is 0. The molecule has 0 bridgehead atoms. The molecule has 0 saturated heterocycles. The van der Waals surface area contributed by atoms with Gasteiger partial charge in [-0.1, -0.05) is 140 Å². The Hall–Kier alpha value is -6.71. The van der Waals surface area contributed by atoms with Gasteiger partial charge < -0.3 is 4.57 Å². The lowest BCUT2D eigenvalue weighted by Crippen LogP contribution is -1.97. The van der Waals surface area contributed by atoms with Crippen LogP contribution in [0.2, 0.25) is 0 Å². The third kappa shape index (κ3) is 5.63. The van der Waals surface area contributed by atoms with E-state index in [1.54, 1.807) is 0 Å². The fraction of sp³-hybridized carbons (Fsp3) is 0.0408. The zero-order valence-electron chi connectivity index (χ0n) is 29.2. The van der Waals surface area contributed by atoms with Crippen molar-refractivity contribution in [2.45, 2.75) is 13.8 Å². The van der Waals surface area contributed by atoms with Crippen molar-refractivity contribution in [3.05, 3.63) is 199 Å². The van der Waals surface area contributed by atoms with Gasteiger partial charge in [-0.25, -0.2) is 4.98 Å². The van der Waals surface area contributed by atoms with Gasteiger partial charge in [0.05, 0.1) is 22.1 Å². The lowest BCUT2D eigenvalue weighted by molar-refractivity contribution is 1.10. The second-order valence-electron chi connectivity index (χ2n) is 13.4. The Bertz CT molecular complexity index is 2710. The van der Waals surface area contributed by atoms with Crippen LogP contribution in [0.5, 0.6) is 0 Å². The number of allylic oxidation sites excluding steroid dienone is 4. The van der Waals surface area contributed by atoms with Gasteiger partial charge in [-0.15, -0.1) is 0 Å². The highest BCUT2D eigenvalue weighted by atomic mass is 15.1. The monoisotopic (exact) mass is 667 g/mol. The van der Waals surface area contributed by atoms with Crippen molar-refractivity contribution in [1.29, 1.82) is 0 Å². The van der Waals surface area contributed by atoms with Crippen molar-refractivity contribution >= 4 is 44.0 Å². The van der Waals surface area contributed by atoms with E-state index in [1.165, 1.54) is 60.9 Å². The van der Waals surface area contributed by atoms with Gasteiger partial charge in [0.15, 0.2) is 0 Å². The van der Waals surface area contributed by atoms with Crippen molar-refractivity contribution in [2.24, 2.45) is 0 Å². The van der Waals surface area contributed by atoms with Crippen molar-refractivity contribution in [3.63, 3.8) is 0 Å². The molecule has 52 heavy (non-hydrogen) atoms. The number of rotatable bonds is 7. The maximum Gasteiger partial charge on any atom is 0.145 e. The number of aromatic nitrogens is 3. The molecule has 0 atom stereocenters. The number of nitrogens with zero attached hydrogens (tertiary/aromatic N) is 3. The van der Waals surface area contributed by atoms with E-state index in [0.717, 1.165) is 28.1 Å². The summed E-state index contributed by atoms with van der Waals surface area (Å²) in [5, 5.41) is 2.56. The van der Waals surface area contributed by atoms with Crippen LogP contribution in [0, 0.1) is 0 Å². The zero-order valence-corrected chi connectivity index (χ0v) is 29.2. The van der Waals surface area contributed by atoms with Gasteiger partial charge >= 0.3 is 0 Å². The maximum absolute atomic E-state index is 5.02. The highest BCUT2D eigenvalue weighted by Crippen LogP contribution is 2.33. The maximum atomic E-state index is 5.02. The van der Waals surface area contributed by atoms with E-state index in [2.05, 4.69) is 199 Å². The molecule has 0 aliphatic rings. The Kier molecular flexibility index (Phi) is 7.94. The van der Waals surface area contributed by atoms with Crippen LogP contribution in [0.25, 0.3) is 77.9 Å². The predicted molar refractivity (Wildman–Crippen MR) is 220 cm³/mol. The first-order chi connectivity index (χ1) is 25.6. The number of para-hydroxylation sites is 5. The average Bonchev–Trinajstić information content (AvgIpc) is 3.77. The fourth-order valence-electron chi connectivity index (χ4n) is 7.31. The number of fused-ring (bicyclic) bond motifs is 4. The van der Waals surface area contributed by atoms with E-state index in [4.69, 9.17) is 4.98 Å². The van der Waals surface area contributed by atoms with Crippen molar-refractivity contribution in [3.8, 4) is 33.9 Å². The molecule has 0 spiro atoms. The summed E-state index contributed by atoms with van der Waals surface area (Å²) in [4.78, 5) is 5.02. The molecule has 0 aliphatic carbocycles. The highest BCUT2D eigenvalue weighted by Gasteiger charge is 2.15. The first-order valence-electron chi connectivity index (χ1n) is 17.8. The fourth-order valence-corrected chi connectivity index (χ4v) is 7.31. The van der Waals surface area contributed by atoms with E-state index in [1.807, 2.05) is 12.1 Å². The molecule has 3 heteroatoms. The molecule has 7 aromatic carbocycles. The Morgan fingerprint density at radius 1 is 0.404 bits per heavy atom. The molecule has 0 amide bonds. The first kappa shape index (κ1) is 31.3. The van der Waals surface area contributed by atoms with Gasteiger partial charge in [-0.3, -0.25) is 4.57 Å². The summed E-state index contributed by atoms with van der Waals surface area (Å²) in [5.74, 6) is 0.943. The van der Waals surface area contributed by atoms with Gasteiger partial charge in [0, 0.05) is 27.7 Å². The van der Waals surface area contributed by atoms with E-state index < -0.39 is 0 Å². The molecule has 2 aromatic heterocycles. The van der Waals surface area contributed by atoms with Crippen LogP contribution in [0.1, 0.15) is 25.0 Å². The van der Waals surface area contributed by atoms with Gasteiger partial charge in [0.1, 0.15) is 5.82 Å². The van der Waals surface area contributed by atoms with Crippen LogP contribution < -0.4 is 0 Å². The number of benzene rings is 7. The summed E-state index contributed by atoms with van der Waals surface area (Å²) in [6.07, 6.45) is 4.43. The van der Waals surface area contributed by atoms with Gasteiger partial charge in [-0.2, -0.15) is 0 Å². The van der Waals surface area contributed by atoms with Crippen LogP contribution in [0.4, 0.5) is 0 Å². The normalized spacial score (nSPS) is 12.3. The zero-order chi connectivity index (χ0) is 35.0. The van der Waals surface area contributed by atoms with Crippen molar-refractivity contribution < 1.29 is 0 Å². The van der Waals surface area contributed by atoms with Crippen LogP contribution in [0.3, 0.4) is 0 Å². The molecule has 3 nitrogen and oxygen atoms in total. The van der Waals surface area contributed by atoms with Crippen molar-refractivity contribution in [1.82, 2.24) is 14.1 Å². The number of hydrogen-bond acceptors (Lipinski definition) is 1. The molecule has 0 N–H and O–H groups in total. The Morgan fingerprint density at radius 3 is 1.42 bits per heavy atom. The number of hydrogen-bond donors (Lipinski definition) is 0. The van der Waals surface area contributed by atoms with E-state index in [9.17, 15) is 0 Å². The smallest absolute Gasteiger partial charge is 0.145 e. The third-order valence-corrected chi connectivity index (χ3v) is 10.1. The standard InChI is InChI=1S/C49H37N3/c1-34(20-21-35(2)37-24-28-40(29-25-37)49-50-45-16-8-11-19-48(45)52(49)41-12-4-3-5-13-41)36-22-26-38(27-23-36)39-30-32-42(33-31-39)51-46-17-9-6-14-43(46)44-15-7-10-18-47(44)51/h3-33H,1-2H3. The molecule has 0 saturated carbocycles. The Balaban J connectivity index is 0.930. The number of imidazole rings is 1. The Morgan fingerprint density at radius 2 is 0.846 bits per heavy atom. The summed E-state index contributed by atoms with van der Waals surface area (Å²) >= 11 is 0. The SMILES string of the molecule is CC(=CC=C(C)c1ccc(-c2nc3ccccc3n2-c2ccccc2)cc1)c1ccc(-c2ccc(-n3c4ccccc4c4ccccc43)cc2)cc1. The highest BCUT2D eigenvalue weighted by molar-refractivity contribution is 6.09. The van der Waals surface area contributed by atoms with E-state index in [0.29, 0.717) is 0 Å². The summed E-state index contributed by atoms with van der Waals surface area (Å²) in [5.41, 5.74) is 15.2. The van der Waals surface area contributed by atoms with E-state index in [-0.39, 0.29) is 0 Å². The summed E-state index contributed by atoms with van der Waals surface area (Å²) in [6.45, 7) is 4.35. The molecular formula is C49H37N3.